The van der Waals surface area contributed by atoms with Crippen LogP contribution in [0.4, 0.5) is 22.6 Å². The van der Waals surface area contributed by atoms with Gasteiger partial charge >= 0.3 is 0 Å². The molecular formula is C26H22F4N6O2S. The number of carbonyl (C=O) groups is 2. The number of nitriles is 1. The number of thiophene rings is 1. The summed E-state index contributed by atoms with van der Waals surface area (Å²) in [4.78, 5) is 28.7. The molecule has 39 heavy (non-hydrogen) atoms. The molecule has 4 atom stereocenters. The molecule has 202 valence electrons. The van der Waals surface area contributed by atoms with Crippen LogP contribution in [0.1, 0.15) is 17.5 Å². The standard InChI is InChI=1S/C26H22F4N6O2S/c1-11(27)25(37)34-6-7-35-12(10-34)4-5-36-21-14(26(35)38)8-17(29)19(20(21)23(30)33-36)13-2-3-16(28)22-18(13)15(9-31)24(32)39-22/h2-3,8,12,14,21,23,33H,1,4-7,10,32H2/t12-,14?,21?,23?/m0/s1. The summed E-state index contributed by atoms with van der Waals surface area (Å²) < 4.78 is 59.9. The molecule has 1 aliphatic carbocycles. The second-order valence-electron chi connectivity index (χ2n) is 9.88. The third-order valence-corrected chi connectivity index (χ3v) is 8.90. The maximum Gasteiger partial charge on any atom is 0.282 e. The zero-order valence-electron chi connectivity index (χ0n) is 20.4. The number of amides is 2. The fourth-order valence-electron chi connectivity index (χ4n) is 6.18. The lowest BCUT2D eigenvalue weighted by Crippen LogP contribution is -2.62. The number of benzene rings is 1. The van der Waals surface area contributed by atoms with Gasteiger partial charge < -0.3 is 15.5 Å². The highest BCUT2D eigenvalue weighted by atomic mass is 32.1. The number of nitrogen functional groups attached to an aromatic ring is 1. The Morgan fingerprint density at radius 3 is 2.74 bits per heavy atom. The topological polar surface area (TPSA) is 106 Å². The fourth-order valence-corrected chi connectivity index (χ4v) is 7.13. The molecule has 2 aromatic rings. The van der Waals surface area contributed by atoms with Crippen molar-refractivity contribution in [2.24, 2.45) is 5.92 Å². The van der Waals surface area contributed by atoms with E-state index in [1.807, 2.05) is 6.07 Å². The average Bonchev–Trinajstić information content (AvgIpc) is 3.42. The minimum atomic E-state index is -1.86. The Morgan fingerprint density at radius 1 is 1.26 bits per heavy atom. The van der Waals surface area contributed by atoms with Crippen LogP contribution in [0.5, 0.6) is 0 Å². The summed E-state index contributed by atoms with van der Waals surface area (Å²) >= 11 is 0.853. The first kappa shape index (κ1) is 25.5. The van der Waals surface area contributed by atoms with Crippen molar-refractivity contribution in [2.75, 3.05) is 31.9 Å². The van der Waals surface area contributed by atoms with Crippen LogP contribution in [0.3, 0.4) is 0 Å². The van der Waals surface area contributed by atoms with Crippen molar-refractivity contribution in [1.82, 2.24) is 20.2 Å². The third-order valence-electron chi connectivity index (χ3n) is 7.87. The van der Waals surface area contributed by atoms with Crippen LogP contribution >= 0.6 is 11.3 Å². The van der Waals surface area contributed by atoms with E-state index in [-0.39, 0.29) is 63.5 Å². The molecular weight excluding hydrogens is 536 g/mol. The molecule has 3 fully saturated rings. The zero-order valence-corrected chi connectivity index (χ0v) is 21.2. The maximum atomic E-state index is 16.0. The predicted molar refractivity (Wildman–Crippen MR) is 136 cm³/mol. The van der Waals surface area contributed by atoms with Gasteiger partial charge in [0.1, 0.15) is 22.7 Å². The van der Waals surface area contributed by atoms with E-state index in [0.29, 0.717) is 6.42 Å². The number of hydrazine groups is 1. The monoisotopic (exact) mass is 558 g/mol. The molecule has 3 saturated heterocycles. The SMILES string of the molecule is C=C(F)C(=O)N1CCN2C(=O)C3C=C(F)C(c4ccc(F)c5sc(N)c(C#N)c45)=C4C(F)NN(CC[C@H]2C1)C43. The Hall–Kier alpha value is -3.73. The predicted octanol–water partition coefficient (Wildman–Crippen LogP) is 3.14. The quantitative estimate of drug-likeness (QED) is 0.334. The van der Waals surface area contributed by atoms with Gasteiger partial charge in [0.05, 0.1) is 28.3 Å². The third kappa shape index (κ3) is 3.77. The number of alkyl halides is 1. The van der Waals surface area contributed by atoms with E-state index in [9.17, 15) is 23.6 Å². The van der Waals surface area contributed by atoms with Gasteiger partial charge in [-0.15, -0.1) is 11.3 Å². The van der Waals surface area contributed by atoms with Gasteiger partial charge in [-0.1, -0.05) is 12.6 Å². The van der Waals surface area contributed by atoms with Crippen molar-refractivity contribution in [2.45, 2.75) is 24.8 Å². The number of allylic oxidation sites excluding steroid dienone is 2. The van der Waals surface area contributed by atoms with Crippen LogP contribution in [0.15, 0.2) is 42.0 Å². The number of nitrogens with one attached hydrogen (secondary N) is 1. The van der Waals surface area contributed by atoms with Gasteiger partial charge in [0.15, 0.2) is 12.1 Å². The Bertz CT molecular complexity index is 1560. The summed E-state index contributed by atoms with van der Waals surface area (Å²) in [6, 6.07) is 3.00. The van der Waals surface area contributed by atoms with Gasteiger partial charge in [0, 0.05) is 42.7 Å². The molecule has 0 spiro atoms. The maximum absolute atomic E-state index is 16.0. The molecule has 0 radical (unpaired) electrons. The Kier molecular flexibility index (Phi) is 6.01. The van der Waals surface area contributed by atoms with Crippen LogP contribution in [-0.2, 0) is 9.59 Å². The number of fused-ring (bicyclic) bond motifs is 2. The van der Waals surface area contributed by atoms with Gasteiger partial charge in [-0.25, -0.2) is 28.0 Å². The van der Waals surface area contributed by atoms with Crippen LogP contribution in [0, 0.1) is 23.1 Å². The first-order chi connectivity index (χ1) is 18.6. The molecule has 0 saturated carbocycles. The van der Waals surface area contributed by atoms with E-state index in [1.54, 1.807) is 9.91 Å². The lowest BCUT2D eigenvalue weighted by molar-refractivity contribution is -0.147. The van der Waals surface area contributed by atoms with Crippen molar-refractivity contribution in [3.63, 3.8) is 0 Å². The number of piperazine rings is 1. The molecule has 4 heterocycles. The number of halogens is 4. The zero-order chi connectivity index (χ0) is 27.7. The molecule has 1 aromatic carbocycles. The van der Waals surface area contributed by atoms with Gasteiger partial charge in [0.25, 0.3) is 5.91 Å². The number of anilines is 1. The number of carbonyl (C=O) groups excluding carboxylic acids is 2. The molecule has 1 aromatic heterocycles. The lowest BCUT2D eigenvalue weighted by Gasteiger charge is -2.46. The summed E-state index contributed by atoms with van der Waals surface area (Å²) in [6.45, 7) is 3.56. The molecule has 0 bridgehead atoms. The largest absolute Gasteiger partial charge is 0.389 e. The number of hydrogen-bond acceptors (Lipinski definition) is 7. The summed E-state index contributed by atoms with van der Waals surface area (Å²) in [5, 5.41) is 11.4. The van der Waals surface area contributed by atoms with Crippen LogP contribution in [-0.4, -0.2) is 71.2 Å². The Morgan fingerprint density at radius 2 is 2.03 bits per heavy atom. The number of hydrogen-bond donors (Lipinski definition) is 2. The van der Waals surface area contributed by atoms with E-state index in [2.05, 4.69) is 12.0 Å². The molecule has 3 N–H and O–H groups in total. The summed E-state index contributed by atoms with van der Waals surface area (Å²) in [6.07, 6.45) is -0.380. The minimum Gasteiger partial charge on any atom is -0.389 e. The van der Waals surface area contributed by atoms with Crippen molar-refractivity contribution in [3.8, 4) is 6.07 Å². The van der Waals surface area contributed by atoms with E-state index in [0.717, 1.165) is 23.5 Å². The van der Waals surface area contributed by atoms with Crippen molar-refractivity contribution in [1.29, 1.82) is 5.26 Å². The number of nitrogens with two attached hydrogens (primary N) is 1. The van der Waals surface area contributed by atoms with Crippen LogP contribution in [0.2, 0.25) is 0 Å². The van der Waals surface area contributed by atoms with E-state index >= 15 is 8.78 Å². The lowest BCUT2D eigenvalue weighted by atomic mass is 9.79. The molecule has 3 unspecified atom stereocenters. The van der Waals surface area contributed by atoms with E-state index in [4.69, 9.17) is 5.73 Å². The summed E-state index contributed by atoms with van der Waals surface area (Å²) in [7, 11) is 0. The second-order valence-corrected chi connectivity index (χ2v) is 10.9. The summed E-state index contributed by atoms with van der Waals surface area (Å²) in [5.74, 6) is -4.97. The molecule has 3 aliphatic heterocycles. The first-order valence-electron chi connectivity index (χ1n) is 12.3. The second kappa shape index (κ2) is 9.18. The minimum absolute atomic E-state index is 0.0177. The van der Waals surface area contributed by atoms with Gasteiger partial charge in [-0.2, -0.15) is 5.26 Å². The summed E-state index contributed by atoms with van der Waals surface area (Å²) in [5.41, 5.74) is 8.59. The van der Waals surface area contributed by atoms with E-state index in [1.165, 1.54) is 11.0 Å². The molecule has 4 aliphatic rings. The van der Waals surface area contributed by atoms with Crippen molar-refractivity contribution in [3.05, 3.63) is 59.0 Å². The molecule has 6 rings (SSSR count). The fraction of sp³-hybridized carbons (Fsp3) is 0.346. The Labute approximate surface area is 224 Å². The Balaban J connectivity index is 1.44. The molecule has 2 amide bonds. The van der Waals surface area contributed by atoms with Gasteiger partial charge in [-0.05, 0) is 24.1 Å². The van der Waals surface area contributed by atoms with Crippen molar-refractivity contribution < 1.29 is 27.2 Å². The number of rotatable bonds is 2. The smallest absolute Gasteiger partial charge is 0.282 e. The highest BCUT2D eigenvalue weighted by molar-refractivity contribution is 7.23. The molecule has 13 heteroatoms. The van der Waals surface area contributed by atoms with Crippen molar-refractivity contribution >= 4 is 43.8 Å². The highest BCUT2D eigenvalue weighted by Gasteiger charge is 2.52. The normalized spacial score (nSPS) is 27.1. The first-order valence-corrected chi connectivity index (χ1v) is 13.1. The van der Waals surface area contributed by atoms with Crippen LogP contribution < -0.4 is 11.2 Å². The van der Waals surface area contributed by atoms with Crippen LogP contribution in [0.25, 0.3) is 15.7 Å². The van der Waals surface area contributed by atoms with Gasteiger partial charge in [-0.3, -0.25) is 9.59 Å². The average molecular weight is 559 g/mol. The highest BCUT2D eigenvalue weighted by Crippen LogP contribution is 2.48. The number of nitrogens with zero attached hydrogens (tertiary/aromatic N) is 4. The van der Waals surface area contributed by atoms with Gasteiger partial charge in [0.2, 0.25) is 5.91 Å². The molecule has 8 nitrogen and oxygen atoms in total. The van der Waals surface area contributed by atoms with E-state index < -0.39 is 53.6 Å².